The topological polar surface area (TPSA) is 59.8 Å². The van der Waals surface area contributed by atoms with E-state index in [-0.39, 0.29) is 12.3 Å². The third-order valence-electron chi connectivity index (χ3n) is 4.97. The standard InChI is InChI=1S/C20H13BrClFN4OS/c1-9-17-11(18-12(22)3-2-4-13(18)23)8-16(28)25-19(17)27(26-9)20-24-14-6-5-10(21)7-15(14)29-20/h2-7,11H,8H2,1H3,(H,25,28)/t11-/m1/s1. The van der Waals surface area contributed by atoms with Crippen LogP contribution >= 0.6 is 38.9 Å². The molecule has 5 nitrogen and oxygen atoms in total. The second-order valence-electron chi connectivity index (χ2n) is 6.81. The molecule has 1 aliphatic rings. The van der Waals surface area contributed by atoms with Gasteiger partial charge in [0.25, 0.3) is 0 Å². The minimum absolute atomic E-state index is 0.104. The Morgan fingerprint density at radius 3 is 2.93 bits per heavy atom. The van der Waals surface area contributed by atoms with Gasteiger partial charge in [0.2, 0.25) is 11.0 Å². The van der Waals surface area contributed by atoms with Crippen LogP contribution < -0.4 is 5.32 Å². The highest BCUT2D eigenvalue weighted by molar-refractivity contribution is 9.10. The van der Waals surface area contributed by atoms with Gasteiger partial charge in [-0.15, -0.1) is 0 Å². The number of carbonyl (C=O) groups is 1. The number of anilines is 1. The zero-order valence-corrected chi connectivity index (χ0v) is 18.2. The van der Waals surface area contributed by atoms with Crippen molar-refractivity contribution in [1.29, 1.82) is 0 Å². The number of aryl methyl sites for hydroxylation is 1. The molecule has 146 valence electrons. The van der Waals surface area contributed by atoms with Gasteiger partial charge in [-0.3, -0.25) is 4.79 Å². The molecule has 0 fully saturated rings. The molecular formula is C20H13BrClFN4OS. The Bertz CT molecular complexity index is 1280. The lowest BCUT2D eigenvalue weighted by molar-refractivity contribution is -0.116. The van der Waals surface area contributed by atoms with Gasteiger partial charge in [-0.1, -0.05) is 44.9 Å². The average molecular weight is 492 g/mol. The van der Waals surface area contributed by atoms with Crippen LogP contribution in [0.5, 0.6) is 0 Å². The average Bonchev–Trinajstić information content (AvgIpc) is 3.22. The zero-order chi connectivity index (χ0) is 20.3. The van der Waals surface area contributed by atoms with E-state index in [4.69, 9.17) is 11.6 Å². The molecular weight excluding hydrogens is 479 g/mol. The maximum absolute atomic E-state index is 14.6. The Morgan fingerprint density at radius 2 is 2.14 bits per heavy atom. The summed E-state index contributed by atoms with van der Waals surface area (Å²) in [7, 11) is 0. The van der Waals surface area contributed by atoms with Crippen molar-refractivity contribution in [3.8, 4) is 5.13 Å². The molecule has 1 N–H and O–H groups in total. The van der Waals surface area contributed by atoms with Crippen molar-refractivity contribution in [2.24, 2.45) is 0 Å². The van der Waals surface area contributed by atoms with Crippen molar-refractivity contribution in [1.82, 2.24) is 14.8 Å². The SMILES string of the molecule is Cc1nn(-c2nc3ccc(Br)cc3s2)c2c1[C@H](c1c(F)cccc1Cl)CC(=O)N2. The summed E-state index contributed by atoms with van der Waals surface area (Å²) in [6, 6.07) is 10.4. The fourth-order valence-corrected chi connectivity index (χ4v) is 5.52. The lowest BCUT2D eigenvalue weighted by atomic mass is 9.85. The van der Waals surface area contributed by atoms with Crippen LogP contribution in [-0.4, -0.2) is 20.7 Å². The van der Waals surface area contributed by atoms with Crippen molar-refractivity contribution in [3.05, 3.63) is 68.5 Å². The van der Waals surface area contributed by atoms with E-state index in [0.29, 0.717) is 27.2 Å². The normalized spacial score (nSPS) is 16.1. The summed E-state index contributed by atoms with van der Waals surface area (Å²) in [5, 5.41) is 8.44. The van der Waals surface area contributed by atoms with Gasteiger partial charge >= 0.3 is 0 Å². The first-order valence-electron chi connectivity index (χ1n) is 8.82. The van der Waals surface area contributed by atoms with Gasteiger partial charge in [-0.2, -0.15) is 9.78 Å². The molecule has 3 heterocycles. The number of carbonyl (C=O) groups excluding carboxylic acids is 1. The third-order valence-corrected chi connectivity index (χ3v) is 6.79. The third kappa shape index (κ3) is 3.06. The summed E-state index contributed by atoms with van der Waals surface area (Å²) in [6.07, 6.45) is 0.104. The van der Waals surface area contributed by atoms with Crippen molar-refractivity contribution in [3.63, 3.8) is 0 Å². The fraction of sp³-hybridized carbons (Fsp3) is 0.150. The van der Waals surface area contributed by atoms with Crippen LogP contribution in [0.25, 0.3) is 15.3 Å². The van der Waals surface area contributed by atoms with E-state index in [1.165, 1.54) is 17.4 Å². The van der Waals surface area contributed by atoms with E-state index in [0.717, 1.165) is 20.3 Å². The van der Waals surface area contributed by atoms with Gasteiger partial charge in [-0.25, -0.2) is 9.37 Å². The number of nitrogens with one attached hydrogen (secondary N) is 1. The molecule has 0 unspecified atom stereocenters. The molecule has 4 aromatic rings. The molecule has 0 saturated carbocycles. The fourth-order valence-electron chi connectivity index (χ4n) is 3.75. The minimum atomic E-state index is -0.510. The number of rotatable bonds is 2. The Kier molecular flexibility index (Phi) is 4.45. The molecule has 0 spiro atoms. The molecule has 9 heteroatoms. The Balaban J connectivity index is 1.71. The highest BCUT2D eigenvalue weighted by Crippen LogP contribution is 2.43. The second-order valence-corrected chi connectivity index (χ2v) is 9.14. The second kappa shape index (κ2) is 6.90. The largest absolute Gasteiger partial charge is 0.310 e. The quantitative estimate of drug-likeness (QED) is 0.384. The minimum Gasteiger partial charge on any atom is -0.310 e. The summed E-state index contributed by atoms with van der Waals surface area (Å²) < 4.78 is 18.2. The summed E-state index contributed by atoms with van der Waals surface area (Å²) in [5.74, 6) is -0.641. The van der Waals surface area contributed by atoms with Crippen LogP contribution in [0.2, 0.25) is 5.02 Å². The van der Waals surface area contributed by atoms with E-state index < -0.39 is 11.7 Å². The van der Waals surface area contributed by atoms with Crippen LogP contribution in [0, 0.1) is 12.7 Å². The monoisotopic (exact) mass is 490 g/mol. The first-order valence-corrected chi connectivity index (χ1v) is 10.8. The van der Waals surface area contributed by atoms with Crippen LogP contribution in [0.1, 0.15) is 29.2 Å². The van der Waals surface area contributed by atoms with Crippen LogP contribution in [0.15, 0.2) is 40.9 Å². The van der Waals surface area contributed by atoms with Crippen LogP contribution in [0.3, 0.4) is 0 Å². The highest BCUT2D eigenvalue weighted by Gasteiger charge is 2.35. The molecule has 2 aromatic heterocycles. The first kappa shape index (κ1) is 18.7. The van der Waals surface area contributed by atoms with Gasteiger partial charge < -0.3 is 5.32 Å². The number of amides is 1. The molecule has 1 amide bonds. The molecule has 29 heavy (non-hydrogen) atoms. The Labute approximate surface area is 182 Å². The number of nitrogens with zero attached hydrogens (tertiary/aromatic N) is 3. The zero-order valence-electron chi connectivity index (χ0n) is 15.0. The maximum Gasteiger partial charge on any atom is 0.226 e. The highest BCUT2D eigenvalue weighted by atomic mass is 79.9. The van der Waals surface area contributed by atoms with Gasteiger partial charge in [0, 0.05) is 33.0 Å². The number of hydrogen-bond acceptors (Lipinski definition) is 4. The van der Waals surface area contributed by atoms with Crippen LogP contribution in [0.4, 0.5) is 10.2 Å². The van der Waals surface area contributed by atoms with Crippen molar-refractivity contribution in [2.45, 2.75) is 19.3 Å². The molecule has 1 atom stereocenters. The van der Waals surface area contributed by atoms with Gasteiger partial charge in [-0.05, 0) is 37.3 Å². The summed E-state index contributed by atoms with van der Waals surface area (Å²) in [6.45, 7) is 1.85. The van der Waals surface area contributed by atoms with Gasteiger partial charge in [0.05, 0.1) is 15.9 Å². The van der Waals surface area contributed by atoms with E-state index in [1.807, 2.05) is 25.1 Å². The lowest BCUT2D eigenvalue weighted by Gasteiger charge is -2.25. The van der Waals surface area contributed by atoms with Gasteiger partial charge in [0.15, 0.2) is 0 Å². The molecule has 2 aromatic carbocycles. The van der Waals surface area contributed by atoms with E-state index >= 15 is 0 Å². The van der Waals surface area contributed by atoms with E-state index in [2.05, 4.69) is 31.3 Å². The van der Waals surface area contributed by atoms with E-state index in [1.54, 1.807) is 16.8 Å². The number of fused-ring (bicyclic) bond motifs is 2. The molecule has 1 aliphatic heterocycles. The number of benzene rings is 2. The van der Waals surface area contributed by atoms with Crippen molar-refractivity contribution >= 4 is 60.8 Å². The molecule has 0 radical (unpaired) electrons. The predicted octanol–water partition coefficient (Wildman–Crippen LogP) is 5.82. The number of aromatic nitrogens is 3. The van der Waals surface area contributed by atoms with E-state index in [9.17, 15) is 9.18 Å². The van der Waals surface area contributed by atoms with Crippen molar-refractivity contribution < 1.29 is 9.18 Å². The van der Waals surface area contributed by atoms with Gasteiger partial charge in [0.1, 0.15) is 11.6 Å². The first-order chi connectivity index (χ1) is 13.9. The van der Waals surface area contributed by atoms with Crippen molar-refractivity contribution in [2.75, 3.05) is 5.32 Å². The lowest BCUT2D eigenvalue weighted by Crippen LogP contribution is -2.25. The molecule has 5 rings (SSSR count). The molecule has 0 saturated heterocycles. The van der Waals surface area contributed by atoms with Crippen LogP contribution in [-0.2, 0) is 4.79 Å². The molecule has 0 bridgehead atoms. The maximum atomic E-state index is 14.6. The molecule has 0 aliphatic carbocycles. The smallest absolute Gasteiger partial charge is 0.226 e. The number of thiazole rings is 1. The Hall–Kier alpha value is -2.29. The number of hydrogen-bond donors (Lipinski definition) is 1. The Morgan fingerprint density at radius 1 is 1.31 bits per heavy atom. The summed E-state index contributed by atoms with van der Waals surface area (Å²) >= 11 is 11.2. The predicted molar refractivity (Wildman–Crippen MR) is 116 cm³/mol. The summed E-state index contributed by atoms with van der Waals surface area (Å²) in [4.78, 5) is 17.2. The summed E-state index contributed by atoms with van der Waals surface area (Å²) in [5.41, 5.74) is 2.62. The number of halogens is 3.